The van der Waals surface area contributed by atoms with Gasteiger partial charge in [-0.1, -0.05) is 45.3 Å². The summed E-state index contributed by atoms with van der Waals surface area (Å²) in [6.45, 7) is 6.06. The predicted molar refractivity (Wildman–Crippen MR) is 59.0 cm³/mol. The van der Waals surface area contributed by atoms with Crippen molar-refractivity contribution in [3.63, 3.8) is 0 Å². The van der Waals surface area contributed by atoms with Crippen LogP contribution in [0.2, 0.25) is 0 Å². The molecule has 0 radical (unpaired) electrons. The van der Waals surface area contributed by atoms with Gasteiger partial charge in [-0.05, 0) is 19.3 Å². The van der Waals surface area contributed by atoms with Gasteiger partial charge >= 0.3 is 0 Å². The molecule has 0 amide bonds. The summed E-state index contributed by atoms with van der Waals surface area (Å²) in [4.78, 5) is 0. The van der Waals surface area contributed by atoms with Gasteiger partial charge in [-0.15, -0.1) is 0 Å². The maximum Gasteiger partial charge on any atom is 0.0647 e. The zero-order valence-corrected chi connectivity index (χ0v) is 9.22. The molecule has 0 spiro atoms. The van der Waals surface area contributed by atoms with Crippen molar-refractivity contribution in [3.8, 4) is 0 Å². The summed E-state index contributed by atoms with van der Waals surface area (Å²) in [5, 5.41) is 0. The molecule has 0 fully saturated rings. The summed E-state index contributed by atoms with van der Waals surface area (Å²) in [5.41, 5.74) is 0. The van der Waals surface area contributed by atoms with Crippen LogP contribution in [0.1, 0.15) is 52.4 Å². The molecule has 78 valence electrons. The minimum Gasteiger partial charge on any atom is -0.377 e. The zero-order chi connectivity index (χ0) is 9.78. The van der Waals surface area contributed by atoms with E-state index in [0.717, 1.165) is 19.6 Å². The Morgan fingerprint density at radius 1 is 0.923 bits per heavy atom. The molecule has 0 rings (SSSR count). The smallest absolute Gasteiger partial charge is 0.0647 e. The highest BCUT2D eigenvalue weighted by Crippen LogP contribution is 2.02. The van der Waals surface area contributed by atoms with Gasteiger partial charge in [0.05, 0.1) is 6.61 Å². The van der Waals surface area contributed by atoms with E-state index in [1.165, 1.54) is 32.1 Å². The van der Waals surface area contributed by atoms with Gasteiger partial charge in [0.1, 0.15) is 0 Å². The average Bonchev–Trinajstić information content (AvgIpc) is 2.16. The summed E-state index contributed by atoms with van der Waals surface area (Å²) in [5.74, 6) is 0. The highest BCUT2D eigenvalue weighted by molar-refractivity contribution is 4.81. The second-order valence-corrected chi connectivity index (χ2v) is 3.40. The van der Waals surface area contributed by atoms with Crippen molar-refractivity contribution < 1.29 is 4.74 Å². The molecule has 0 saturated carbocycles. The Labute approximate surface area is 83.2 Å². The van der Waals surface area contributed by atoms with Crippen molar-refractivity contribution >= 4 is 0 Å². The lowest BCUT2D eigenvalue weighted by atomic mass is 10.1. The molecule has 0 heterocycles. The first kappa shape index (κ1) is 12.7. The number of unbranched alkanes of at least 4 members (excludes halogenated alkanes) is 4. The zero-order valence-electron chi connectivity index (χ0n) is 9.22. The molecule has 0 aliphatic rings. The molecule has 0 saturated heterocycles. The summed E-state index contributed by atoms with van der Waals surface area (Å²) in [6.07, 6.45) is 12.1. The van der Waals surface area contributed by atoms with Crippen molar-refractivity contribution in [2.45, 2.75) is 52.4 Å². The Kier molecular flexibility index (Phi) is 11.4. The lowest BCUT2D eigenvalue weighted by Crippen LogP contribution is -1.91. The van der Waals surface area contributed by atoms with E-state index in [0.29, 0.717) is 0 Å². The van der Waals surface area contributed by atoms with Gasteiger partial charge in [-0.3, -0.25) is 0 Å². The molecular formula is C12H24O. The molecule has 13 heavy (non-hydrogen) atoms. The Hall–Kier alpha value is -0.300. The van der Waals surface area contributed by atoms with Crippen molar-refractivity contribution in [2.75, 3.05) is 13.2 Å². The van der Waals surface area contributed by atoms with E-state index in [1.54, 1.807) is 0 Å². The SMILES string of the molecule is CCCCCC/C=C/COCCC. The van der Waals surface area contributed by atoms with Gasteiger partial charge in [0.15, 0.2) is 0 Å². The molecule has 0 N–H and O–H groups in total. The van der Waals surface area contributed by atoms with Crippen LogP contribution >= 0.6 is 0 Å². The van der Waals surface area contributed by atoms with Gasteiger partial charge in [-0.25, -0.2) is 0 Å². The first-order valence-electron chi connectivity index (χ1n) is 5.64. The molecule has 0 bridgehead atoms. The number of allylic oxidation sites excluding steroid dienone is 1. The van der Waals surface area contributed by atoms with Gasteiger partial charge < -0.3 is 4.74 Å². The third kappa shape index (κ3) is 11.7. The van der Waals surface area contributed by atoms with E-state index in [4.69, 9.17) is 4.74 Å². The van der Waals surface area contributed by atoms with Crippen molar-refractivity contribution in [3.05, 3.63) is 12.2 Å². The Morgan fingerprint density at radius 3 is 2.46 bits per heavy atom. The van der Waals surface area contributed by atoms with E-state index in [-0.39, 0.29) is 0 Å². The number of ether oxygens (including phenoxy) is 1. The fourth-order valence-electron chi connectivity index (χ4n) is 1.17. The molecule has 1 heteroatoms. The van der Waals surface area contributed by atoms with Crippen LogP contribution in [0.3, 0.4) is 0 Å². The molecule has 0 aliphatic heterocycles. The normalized spacial score (nSPS) is 11.2. The average molecular weight is 184 g/mol. The monoisotopic (exact) mass is 184 g/mol. The highest BCUT2D eigenvalue weighted by atomic mass is 16.5. The molecule has 0 aromatic carbocycles. The summed E-state index contributed by atoms with van der Waals surface area (Å²) >= 11 is 0. The van der Waals surface area contributed by atoms with E-state index in [9.17, 15) is 0 Å². The van der Waals surface area contributed by atoms with Gasteiger partial charge in [0.25, 0.3) is 0 Å². The first-order valence-corrected chi connectivity index (χ1v) is 5.64. The fourth-order valence-corrected chi connectivity index (χ4v) is 1.17. The van der Waals surface area contributed by atoms with E-state index in [1.807, 2.05) is 0 Å². The lowest BCUT2D eigenvalue weighted by Gasteiger charge is -1.96. The van der Waals surface area contributed by atoms with Gasteiger partial charge in [0.2, 0.25) is 0 Å². The van der Waals surface area contributed by atoms with Crippen LogP contribution in [0, 0.1) is 0 Å². The summed E-state index contributed by atoms with van der Waals surface area (Å²) in [6, 6.07) is 0. The highest BCUT2D eigenvalue weighted by Gasteiger charge is 1.84. The van der Waals surface area contributed by atoms with E-state index >= 15 is 0 Å². The van der Waals surface area contributed by atoms with Crippen LogP contribution in [0.5, 0.6) is 0 Å². The molecule has 0 aromatic rings. The second kappa shape index (κ2) is 11.7. The van der Waals surface area contributed by atoms with E-state index in [2.05, 4.69) is 26.0 Å². The number of rotatable bonds is 9. The van der Waals surface area contributed by atoms with Crippen LogP contribution < -0.4 is 0 Å². The lowest BCUT2D eigenvalue weighted by molar-refractivity contribution is 0.163. The van der Waals surface area contributed by atoms with Crippen molar-refractivity contribution in [2.24, 2.45) is 0 Å². The molecule has 0 unspecified atom stereocenters. The van der Waals surface area contributed by atoms with Crippen molar-refractivity contribution in [1.29, 1.82) is 0 Å². The summed E-state index contributed by atoms with van der Waals surface area (Å²) < 4.78 is 5.32. The Morgan fingerprint density at radius 2 is 1.77 bits per heavy atom. The Balaban J connectivity index is 2.95. The number of hydrogen-bond donors (Lipinski definition) is 0. The van der Waals surface area contributed by atoms with Gasteiger partial charge in [-0.2, -0.15) is 0 Å². The first-order chi connectivity index (χ1) is 6.41. The van der Waals surface area contributed by atoms with Crippen molar-refractivity contribution in [1.82, 2.24) is 0 Å². The van der Waals surface area contributed by atoms with Crippen LogP contribution in [0.25, 0.3) is 0 Å². The van der Waals surface area contributed by atoms with Crippen LogP contribution in [-0.2, 0) is 4.74 Å². The largest absolute Gasteiger partial charge is 0.377 e. The third-order valence-corrected chi connectivity index (χ3v) is 1.95. The topological polar surface area (TPSA) is 9.23 Å². The molecule has 0 aromatic heterocycles. The maximum absolute atomic E-state index is 5.32. The standard InChI is InChI=1S/C12H24O/c1-3-5-6-7-8-9-10-12-13-11-4-2/h9-10H,3-8,11-12H2,1-2H3/b10-9+. The predicted octanol–water partition coefficient (Wildman–Crippen LogP) is 3.94. The maximum atomic E-state index is 5.32. The fraction of sp³-hybridized carbons (Fsp3) is 0.833. The van der Waals surface area contributed by atoms with Crippen LogP contribution in [0.4, 0.5) is 0 Å². The minimum absolute atomic E-state index is 0.793. The molecule has 1 nitrogen and oxygen atoms in total. The van der Waals surface area contributed by atoms with E-state index < -0.39 is 0 Å². The van der Waals surface area contributed by atoms with Crippen LogP contribution in [0.15, 0.2) is 12.2 Å². The number of hydrogen-bond acceptors (Lipinski definition) is 1. The minimum atomic E-state index is 0.793. The summed E-state index contributed by atoms with van der Waals surface area (Å²) in [7, 11) is 0. The third-order valence-electron chi connectivity index (χ3n) is 1.95. The second-order valence-electron chi connectivity index (χ2n) is 3.40. The Bertz CT molecular complexity index is 108. The van der Waals surface area contributed by atoms with Crippen LogP contribution in [-0.4, -0.2) is 13.2 Å². The quantitative estimate of drug-likeness (QED) is 0.389. The molecular weight excluding hydrogens is 160 g/mol. The molecule has 0 atom stereocenters. The van der Waals surface area contributed by atoms with Gasteiger partial charge in [0, 0.05) is 6.61 Å². The molecule has 0 aliphatic carbocycles.